The Morgan fingerprint density at radius 1 is 1.43 bits per heavy atom. The van der Waals surface area contributed by atoms with E-state index in [0.29, 0.717) is 6.42 Å². The topological polar surface area (TPSA) is 113 Å². The summed E-state index contributed by atoms with van der Waals surface area (Å²) in [5.74, 6) is -0.714. The molecular formula is C13H13N3O5. The molecule has 1 aromatic carbocycles. The minimum atomic E-state index is -0.628. The summed E-state index contributed by atoms with van der Waals surface area (Å²) in [5, 5.41) is 22.7. The quantitative estimate of drug-likeness (QED) is 0.378. The highest BCUT2D eigenvalue weighted by Crippen LogP contribution is 2.26. The Kier molecular flexibility index (Phi) is 3.88. The Hall–Kier alpha value is -2.90. The van der Waals surface area contributed by atoms with Gasteiger partial charge >= 0.3 is 6.03 Å². The molecule has 0 unspecified atom stereocenters. The van der Waals surface area contributed by atoms with Crippen LogP contribution in [0.1, 0.15) is 18.9 Å². The van der Waals surface area contributed by atoms with E-state index < -0.39 is 16.9 Å². The molecule has 1 saturated heterocycles. The maximum atomic E-state index is 12.0. The van der Waals surface area contributed by atoms with E-state index in [1.807, 2.05) is 6.92 Å². The Morgan fingerprint density at radius 3 is 2.76 bits per heavy atom. The zero-order valence-electron chi connectivity index (χ0n) is 11.2. The molecule has 0 saturated carbocycles. The number of hydrogen-bond donors (Lipinski definition) is 2. The normalized spacial score (nSPS) is 16.4. The van der Waals surface area contributed by atoms with Crippen LogP contribution in [-0.4, -0.2) is 33.4 Å². The van der Waals surface area contributed by atoms with Gasteiger partial charge in [-0.2, -0.15) is 0 Å². The number of aromatic hydroxyl groups is 1. The summed E-state index contributed by atoms with van der Waals surface area (Å²) in [7, 11) is 0. The van der Waals surface area contributed by atoms with Crippen molar-refractivity contribution in [1.29, 1.82) is 0 Å². The van der Waals surface area contributed by atoms with Crippen LogP contribution in [0.25, 0.3) is 6.08 Å². The lowest BCUT2D eigenvalue weighted by Gasteiger charge is -2.08. The van der Waals surface area contributed by atoms with Crippen molar-refractivity contribution in [1.82, 2.24) is 10.2 Å². The molecule has 0 aliphatic carbocycles. The zero-order valence-corrected chi connectivity index (χ0v) is 11.2. The first-order chi connectivity index (χ1) is 9.93. The van der Waals surface area contributed by atoms with E-state index in [1.54, 1.807) is 0 Å². The van der Waals surface area contributed by atoms with Gasteiger partial charge in [0.2, 0.25) is 0 Å². The van der Waals surface area contributed by atoms with Crippen LogP contribution in [-0.2, 0) is 4.79 Å². The lowest BCUT2D eigenvalue weighted by molar-refractivity contribution is -0.385. The number of imide groups is 1. The largest absolute Gasteiger partial charge is 0.508 e. The molecule has 1 fully saturated rings. The van der Waals surface area contributed by atoms with Crippen LogP contribution in [0.5, 0.6) is 5.75 Å². The van der Waals surface area contributed by atoms with Crippen molar-refractivity contribution in [3.8, 4) is 5.75 Å². The van der Waals surface area contributed by atoms with E-state index >= 15 is 0 Å². The number of nitro groups is 1. The number of carbonyl (C=O) groups is 2. The molecule has 110 valence electrons. The van der Waals surface area contributed by atoms with Crippen molar-refractivity contribution in [2.24, 2.45) is 0 Å². The van der Waals surface area contributed by atoms with Gasteiger partial charge in [0, 0.05) is 12.6 Å². The number of carbonyl (C=O) groups excluding carboxylic acids is 2. The zero-order chi connectivity index (χ0) is 15.6. The van der Waals surface area contributed by atoms with Crippen LogP contribution >= 0.6 is 0 Å². The number of rotatable bonds is 4. The number of nitrogens with one attached hydrogen (secondary N) is 1. The summed E-state index contributed by atoms with van der Waals surface area (Å²) >= 11 is 0. The molecule has 2 N–H and O–H groups in total. The highest BCUT2D eigenvalue weighted by Gasteiger charge is 2.33. The summed E-state index contributed by atoms with van der Waals surface area (Å²) in [4.78, 5) is 35.0. The first-order valence-electron chi connectivity index (χ1n) is 6.26. The van der Waals surface area contributed by atoms with Crippen molar-refractivity contribution >= 4 is 23.7 Å². The lowest BCUT2D eigenvalue weighted by Crippen LogP contribution is -2.31. The van der Waals surface area contributed by atoms with Crippen LogP contribution in [0.3, 0.4) is 0 Å². The minimum Gasteiger partial charge on any atom is -0.508 e. The summed E-state index contributed by atoms with van der Waals surface area (Å²) < 4.78 is 0. The molecule has 8 nitrogen and oxygen atoms in total. The first-order valence-corrected chi connectivity index (χ1v) is 6.26. The van der Waals surface area contributed by atoms with Gasteiger partial charge in [0.1, 0.15) is 11.4 Å². The highest BCUT2D eigenvalue weighted by atomic mass is 16.6. The van der Waals surface area contributed by atoms with Gasteiger partial charge in [0.05, 0.1) is 10.5 Å². The molecule has 3 amide bonds. The van der Waals surface area contributed by atoms with Crippen molar-refractivity contribution in [2.75, 3.05) is 6.54 Å². The van der Waals surface area contributed by atoms with Crippen LogP contribution in [0, 0.1) is 10.1 Å². The van der Waals surface area contributed by atoms with Gasteiger partial charge in [-0.1, -0.05) is 6.92 Å². The summed E-state index contributed by atoms with van der Waals surface area (Å²) in [6, 6.07) is 2.91. The lowest BCUT2D eigenvalue weighted by atomic mass is 10.1. The molecule has 21 heavy (non-hydrogen) atoms. The fourth-order valence-corrected chi connectivity index (χ4v) is 1.98. The fraction of sp³-hybridized carbons (Fsp3) is 0.231. The highest BCUT2D eigenvalue weighted by molar-refractivity contribution is 6.14. The van der Waals surface area contributed by atoms with E-state index in [0.717, 1.165) is 17.0 Å². The molecule has 2 rings (SSSR count). The van der Waals surface area contributed by atoms with E-state index in [4.69, 9.17) is 0 Å². The molecular weight excluding hydrogens is 278 g/mol. The van der Waals surface area contributed by atoms with Gasteiger partial charge in [-0.05, 0) is 24.6 Å². The van der Waals surface area contributed by atoms with Crippen LogP contribution in [0.2, 0.25) is 0 Å². The van der Waals surface area contributed by atoms with Crippen LogP contribution in [0.15, 0.2) is 23.9 Å². The summed E-state index contributed by atoms with van der Waals surface area (Å²) in [6.07, 6.45) is 1.80. The fourth-order valence-electron chi connectivity index (χ4n) is 1.98. The third-order valence-electron chi connectivity index (χ3n) is 2.92. The smallest absolute Gasteiger partial charge is 0.329 e. The van der Waals surface area contributed by atoms with Crippen molar-refractivity contribution in [3.05, 3.63) is 39.6 Å². The maximum absolute atomic E-state index is 12.0. The molecule has 8 heteroatoms. The molecule has 0 radical (unpaired) electrons. The summed E-state index contributed by atoms with van der Waals surface area (Å²) in [6.45, 7) is 2.09. The van der Waals surface area contributed by atoms with Crippen molar-refractivity contribution in [3.63, 3.8) is 0 Å². The van der Waals surface area contributed by atoms with Gasteiger partial charge in [-0.15, -0.1) is 0 Å². The van der Waals surface area contributed by atoms with Crippen molar-refractivity contribution < 1.29 is 19.6 Å². The van der Waals surface area contributed by atoms with E-state index in [2.05, 4.69) is 5.32 Å². The molecule has 1 aliphatic heterocycles. The Balaban J connectivity index is 2.41. The SMILES string of the molecule is CCCN1C(=O)N/C(=C/c2cc(O)ccc2[N+](=O)[O-])C1=O. The molecule has 0 bridgehead atoms. The maximum Gasteiger partial charge on any atom is 0.329 e. The average Bonchev–Trinajstić information content (AvgIpc) is 2.67. The second-order valence-electron chi connectivity index (χ2n) is 4.45. The Labute approximate surface area is 119 Å². The molecule has 1 aliphatic rings. The van der Waals surface area contributed by atoms with Gasteiger partial charge in [0.15, 0.2) is 0 Å². The van der Waals surface area contributed by atoms with Gasteiger partial charge < -0.3 is 10.4 Å². The summed E-state index contributed by atoms with van der Waals surface area (Å²) in [5.41, 5.74) is -0.277. The standard InChI is InChI=1S/C13H13N3O5/c1-2-5-15-12(18)10(14-13(15)19)7-8-6-9(17)3-4-11(8)16(20)21/h3-4,6-7,17H,2,5H2,1H3,(H,14,19)/b10-7+. The molecule has 0 spiro atoms. The molecule has 0 aromatic heterocycles. The number of nitrogens with zero attached hydrogens (tertiary/aromatic N) is 2. The van der Waals surface area contributed by atoms with Gasteiger partial charge in [0.25, 0.3) is 11.6 Å². The van der Waals surface area contributed by atoms with Gasteiger partial charge in [-0.3, -0.25) is 19.8 Å². The Morgan fingerprint density at radius 2 is 2.14 bits per heavy atom. The van der Waals surface area contributed by atoms with E-state index in [9.17, 15) is 24.8 Å². The number of amides is 3. The van der Waals surface area contributed by atoms with Gasteiger partial charge in [-0.25, -0.2) is 4.79 Å². The third kappa shape index (κ3) is 2.83. The minimum absolute atomic E-state index is 0.0435. The molecule has 0 atom stereocenters. The number of benzene rings is 1. The Bertz CT molecular complexity index is 653. The molecule has 1 aromatic rings. The number of urea groups is 1. The number of phenols is 1. The average molecular weight is 291 g/mol. The van der Waals surface area contributed by atoms with Crippen LogP contribution in [0.4, 0.5) is 10.5 Å². The second kappa shape index (κ2) is 5.61. The number of hydrogen-bond acceptors (Lipinski definition) is 5. The van der Waals surface area contributed by atoms with Crippen LogP contribution < -0.4 is 5.32 Å². The predicted molar refractivity (Wildman–Crippen MR) is 73.3 cm³/mol. The number of phenolic OH excluding ortho intramolecular Hbond substituents is 1. The second-order valence-corrected chi connectivity index (χ2v) is 4.45. The van der Waals surface area contributed by atoms with Crippen molar-refractivity contribution in [2.45, 2.75) is 13.3 Å². The number of nitro benzene ring substituents is 1. The van der Waals surface area contributed by atoms with E-state index in [-0.39, 0.29) is 29.2 Å². The third-order valence-corrected chi connectivity index (χ3v) is 2.92. The van der Waals surface area contributed by atoms with E-state index in [1.165, 1.54) is 12.1 Å². The predicted octanol–water partition coefficient (Wildman–Crippen LogP) is 1.60. The monoisotopic (exact) mass is 291 g/mol. The first kappa shape index (κ1) is 14.5. The molecule has 1 heterocycles.